The Morgan fingerprint density at radius 1 is 1.54 bits per heavy atom. The highest BCUT2D eigenvalue weighted by Gasteiger charge is 2.43. The average molecular weight is 356 g/mol. The van der Waals surface area contributed by atoms with E-state index in [1.54, 1.807) is 17.1 Å². The predicted molar refractivity (Wildman–Crippen MR) is 94.3 cm³/mol. The first-order valence-corrected chi connectivity index (χ1v) is 8.77. The maximum atomic E-state index is 12.9. The summed E-state index contributed by atoms with van der Waals surface area (Å²) in [5.41, 5.74) is 7.33. The second-order valence-electron chi connectivity index (χ2n) is 7.51. The molecule has 2 aliphatic rings. The number of allylic oxidation sites excluding steroid dienone is 3. The fourth-order valence-electron chi connectivity index (χ4n) is 3.64. The Labute approximate surface area is 153 Å². The number of hydrogen-bond donors (Lipinski definition) is 1. The van der Waals surface area contributed by atoms with E-state index in [1.807, 2.05) is 27.7 Å². The number of carbonyl (C=O) groups excluding carboxylic acids is 1. The number of carbonyl (C=O) groups is 1. The van der Waals surface area contributed by atoms with Gasteiger partial charge in [0.05, 0.1) is 12.1 Å². The monoisotopic (exact) mass is 356 g/mol. The molecule has 1 aliphatic heterocycles. The summed E-state index contributed by atoms with van der Waals surface area (Å²) < 4.78 is 12.9. The fraction of sp³-hybridized carbons (Fsp3) is 0.526. The van der Waals surface area contributed by atoms with E-state index < -0.39 is 5.92 Å². The van der Waals surface area contributed by atoms with E-state index in [2.05, 4.69) is 11.2 Å². The van der Waals surface area contributed by atoms with Crippen LogP contribution in [0.1, 0.15) is 58.2 Å². The Kier molecular flexibility index (Phi) is 4.63. The Balaban J connectivity index is 2.07. The summed E-state index contributed by atoms with van der Waals surface area (Å²) in [5, 5.41) is 14.0. The van der Waals surface area contributed by atoms with E-state index in [9.17, 15) is 10.1 Å². The minimum absolute atomic E-state index is 0.00731. The summed E-state index contributed by atoms with van der Waals surface area (Å²) in [5.74, 6) is 0.0766. The van der Waals surface area contributed by atoms with Gasteiger partial charge in [-0.2, -0.15) is 10.4 Å². The van der Waals surface area contributed by atoms with Gasteiger partial charge in [-0.3, -0.25) is 4.79 Å². The Morgan fingerprint density at radius 2 is 2.27 bits per heavy atom. The zero-order valence-electron chi connectivity index (χ0n) is 15.6. The Bertz CT molecular complexity index is 841. The molecule has 0 saturated carbocycles. The number of hydrogen-bond acceptors (Lipinski definition) is 6. The molecule has 0 spiro atoms. The molecule has 3 rings (SSSR count). The molecule has 2 heterocycles. The van der Waals surface area contributed by atoms with Gasteiger partial charge in [-0.15, -0.1) is 0 Å². The molecular formula is C19H24N4O3. The summed E-state index contributed by atoms with van der Waals surface area (Å²) in [4.78, 5) is 12.9. The van der Waals surface area contributed by atoms with Crippen LogP contribution in [-0.2, 0) is 14.3 Å². The number of nitriles is 1. The molecule has 1 aliphatic carbocycles. The van der Waals surface area contributed by atoms with E-state index in [0.717, 1.165) is 5.56 Å². The second kappa shape index (κ2) is 6.61. The minimum Gasteiger partial charge on any atom is -0.444 e. The van der Waals surface area contributed by atoms with Crippen LogP contribution in [0.2, 0.25) is 0 Å². The second-order valence-corrected chi connectivity index (χ2v) is 7.51. The van der Waals surface area contributed by atoms with Crippen LogP contribution in [-0.4, -0.2) is 22.2 Å². The molecule has 0 fully saturated rings. The lowest BCUT2D eigenvalue weighted by molar-refractivity contribution is -0.119. The molecule has 2 atom stereocenters. The molecule has 0 bridgehead atoms. The summed E-state index contributed by atoms with van der Waals surface area (Å²) >= 11 is 0. The van der Waals surface area contributed by atoms with Crippen molar-refractivity contribution in [3.05, 3.63) is 40.7 Å². The number of Topliss-reactive ketones (excluding diaryl/α,β-unsaturated/α-hetero) is 1. The summed E-state index contributed by atoms with van der Waals surface area (Å²) in [6, 6.07) is 2.12. The SMILES string of the molecule is CCOC(C)n1cc(C2C(C#N)=C(N)OC3=C2C(=O)CC(C)(C)C3)cn1. The van der Waals surface area contributed by atoms with Crippen molar-refractivity contribution in [2.45, 2.75) is 52.7 Å². The van der Waals surface area contributed by atoms with Gasteiger partial charge >= 0.3 is 0 Å². The van der Waals surface area contributed by atoms with Crippen molar-refractivity contribution in [1.29, 1.82) is 5.26 Å². The van der Waals surface area contributed by atoms with Crippen LogP contribution in [0.4, 0.5) is 0 Å². The zero-order chi connectivity index (χ0) is 19.1. The number of ether oxygens (including phenoxy) is 2. The van der Waals surface area contributed by atoms with Gasteiger partial charge in [0, 0.05) is 36.8 Å². The fourth-order valence-corrected chi connectivity index (χ4v) is 3.64. The molecule has 1 aromatic rings. The van der Waals surface area contributed by atoms with E-state index in [4.69, 9.17) is 15.2 Å². The third-order valence-corrected chi connectivity index (χ3v) is 4.81. The Morgan fingerprint density at radius 3 is 2.92 bits per heavy atom. The molecule has 0 aromatic carbocycles. The average Bonchev–Trinajstić information content (AvgIpc) is 3.02. The van der Waals surface area contributed by atoms with Gasteiger partial charge in [-0.05, 0) is 19.3 Å². The van der Waals surface area contributed by atoms with Gasteiger partial charge < -0.3 is 15.2 Å². The third kappa shape index (κ3) is 3.13. The van der Waals surface area contributed by atoms with Crippen LogP contribution in [0.3, 0.4) is 0 Å². The van der Waals surface area contributed by atoms with Crippen molar-refractivity contribution in [1.82, 2.24) is 9.78 Å². The summed E-state index contributed by atoms with van der Waals surface area (Å²) in [6.07, 6.45) is 4.24. The number of rotatable bonds is 4. The van der Waals surface area contributed by atoms with Crippen molar-refractivity contribution < 1.29 is 14.3 Å². The largest absolute Gasteiger partial charge is 0.444 e. The maximum Gasteiger partial charge on any atom is 0.205 e. The summed E-state index contributed by atoms with van der Waals surface area (Å²) in [6.45, 7) is 8.41. The zero-order valence-corrected chi connectivity index (χ0v) is 15.6. The van der Waals surface area contributed by atoms with Crippen LogP contribution in [0.25, 0.3) is 0 Å². The van der Waals surface area contributed by atoms with E-state index in [-0.39, 0.29) is 28.9 Å². The first-order chi connectivity index (χ1) is 12.3. The third-order valence-electron chi connectivity index (χ3n) is 4.81. The van der Waals surface area contributed by atoms with Crippen molar-refractivity contribution in [3.63, 3.8) is 0 Å². The van der Waals surface area contributed by atoms with E-state index in [0.29, 0.717) is 30.8 Å². The van der Waals surface area contributed by atoms with Crippen LogP contribution >= 0.6 is 0 Å². The first kappa shape index (κ1) is 18.2. The number of aromatic nitrogens is 2. The highest BCUT2D eigenvalue weighted by Crippen LogP contribution is 2.47. The maximum absolute atomic E-state index is 12.9. The molecule has 0 saturated heterocycles. The molecule has 7 heteroatoms. The topological polar surface area (TPSA) is 103 Å². The van der Waals surface area contributed by atoms with Crippen LogP contribution in [0.5, 0.6) is 0 Å². The molecule has 7 nitrogen and oxygen atoms in total. The molecule has 138 valence electrons. The van der Waals surface area contributed by atoms with Gasteiger partial charge in [-0.1, -0.05) is 13.8 Å². The lowest BCUT2D eigenvalue weighted by Gasteiger charge is -2.36. The molecule has 2 N–H and O–H groups in total. The van der Waals surface area contributed by atoms with Gasteiger partial charge in [0.15, 0.2) is 5.78 Å². The van der Waals surface area contributed by atoms with Gasteiger partial charge in [0.2, 0.25) is 5.88 Å². The Hall–Kier alpha value is -2.59. The summed E-state index contributed by atoms with van der Waals surface area (Å²) in [7, 11) is 0. The van der Waals surface area contributed by atoms with Gasteiger partial charge in [0.25, 0.3) is 0 Å². The molecule has 0 amide bonds. The van der Waals surface area contributed by atoms with E-state index in [1.165, 1.54) is 0 Å². The highest BCUT2D eigenvalue weighted by atomic mass is 16.5. The number of nitrogens with zero attached hydrogens (tertiary/aromatic N) is 3. The molecular weight excluding hydrogens is 332 g/mol. The van der Waals surface area contributed by atoms with Gasteiger partial charge in [-0.25, -0.2) is 4.68 Å². The lowest BCUT2D eigenvalue weighted by atomic mass is 9.70. The highest BCUT2D eigenvalue weighted by molar-refractivity contribution is 6.00. The molecule has 0 radical (unpaired) electrons. The van der Waals surface area contributed by atoms with Crippen LogP contribution in [0, 0.1) is 16.7 Å². The number of ketones is 1. The van der Waals surface area contributed by atoms with Crippen LogP contribution in [0.15, 0.2) is 35.2 Å². The van der Waals surface area contributed by atoms with E-state index >= 15 is 0 Å². The number of nitrogens with two attached hydrogens (primary N) is 1. The van der Waals surface area contributed by atoms with Gasteiger partial charge in [0.1, 0.15) is 23.6 Å². The molecule has 1 aromatic heterocycles. The van der Waals surface area contributed by atoms with Crippen LogP contribution < -0.4 is 5.73 Å². The molecule has 26 heavy (non-hydrogen) atoms. The van der Waals surface area contributed by atoms with Crippen molar-refractivity contribution in [2.75, 3.05) is 6.61 Å². The normalized spacial score (nSPS) is 23.3. The van der Waals surface area contributed by atoms with Crippen molar-refractivity contribution in [2.24, 2.45) is 11.1 Å². The standard InChI is InChI=1S/C19H24N4O3/c1-5-25-11(2)23-10-12(9-22-23)16-13(8-20)18(21)26-15-7-19(3,4)6-14(24)17(15)16/h9-11,16H,5-7,21H2,1-4H3. The van der Waals surface area contributed by atoms with Crippen molar-refractivity contribution in [3.8, 4) is 6.07 Å². The smallest absolute Gasteiger partial charge is 0.205 e. The minimum atomic E-state index is -0.546. The van der Waals surface area contributed by atoms with Crippen molar-refractivity contribution >= 4 is 5.78 Å². The lowest BCUT2D eigenvalue weighted by Crippen LogP contribution is -2.33. The predicted octanol–water partition coefficient (Wildman–Crippen LogP) is 2.89. The molecule has 2 unspecified atom stereocenters. The quantitative estimate of drug-likeness (QED) is 0.890. The first-order valence-electron chi connectivity index (χ1n) is 8.77.